The van der Waals surface area contributed by atoms with Crippen LogP contribution in [0, 0.1) is 11.3 Å². The molecule has 8 aromatic carbocycles. The Kier molecular flexibility index (Phi) is 7.80. The normalized spacial score (nSPS) is 11.4. The van der Waals surface area contributed by atoms with E-state index in [1.54, 1.807) is 0 Å². The maximum absolute atomic E-state index is 9.96. The summed E-state index contributed by atoms with van der Waals surface area (Å²) in [7, 11) is 0. The maximum atomic E-state index is 9.96. The average Bonchev–Trinajstić information content (AvgIpc) is 3.81. The van der Waals surface area contributed by atoms with Gasteiger partial charge in [-0.1, -0.05) is 146 Å². The van der Waals surface area contributed by atoms with Crippen LogP contribution in [0.1, 0.15) is 5.56 Å². The van der Waals surface area contributed by atoms with Crippen LogP contribution < -0.4 is 0 Å². The van der Waals surface area contributed by atoms with Crippen molar-refractivity contribution in [3.63, 3.8) is 0 Å². The van der Waals surface area contributed by atoms with Gasteiger partial charge in [0, 0.05) is 49.4 Å². The summed E-state index contributed by atoms with van der Waals surface area (Å²) in [5.41, 5.74) is 13.6. The predicted octanol–water partition coefficient (Wildman–Crippen LogP) is 13.2. The molecule has 0 bridgehead atoms. The molecule has 5 heteroatoms. The van der Waals surface area contributed by atoms with E-state index in [1.165, 1.54) is 10.8 Å². The summed E-state index contributed by atoms with van der Waals surface area (Å²) in [6.07, 6.45) is 0. The van der Waals surface area contributed by atoms with Gasteiger partial charge in [-0.2, -0.15) is 5.26 Å². The zero-order valence-corrected chi connectivity index (χ0v) is 31.3. The fourth-order valence-electron chi connectivity index (χ4n) is 8.64. The number of hydrogen-bond acceptors (Lipinski definition) is 3. The molecule has 0 amide bonds. The van der Waals surface area contributed by atoms with Crippen LogP contribution in [-0.4, -0.2) is 19.1 Å². The summed E-state index contributed by atoms with van der Waals surface area (Å²) in [5.74, 6) is 0.626. The molecule has 0 spiro atoms. The van der Waals surface area contributed by atoms with Crippen molar-refractivity contribution in [3.05, 3.63) is 206 Å². The van der Waals surface area contributed by atoms with Gasteiger partial charge in [-0.3, -0.25) is 0 Å². The van der Waals surface area contributed by atoms with Crippen LogP contribution in [0.3, 0.4) is 0 Å². The quantitative estimate of drug-likeness (QED) is 0.171. The Labute approximate surface area is 335 Å². The van der Waals surface area contributed by atoms with Gasteiger partial charge in [0.2, 0.25) is 0 Å². The van der Waals surface area contributed by atoms with E-state index in [9.17, 15) is 5.26 Å². The monoisotopic (exact) mass is 739 g/mol. The molecule has 0 N–H and O–H groups in total. The van der Waals surface area contributed by atoms with Crippen LogP contribution in [0.5, 0.6) is 0 Å². The van der Waals surface area contributed by atoms with E-state index < -0.39 is 0 Å². The molecule has 0 saturated heterocycles. The summed E-state index contributed by atoms with van der Waals surface area (Å²) < 4.78 is 4.73. The highest BCUT2D eigenvalue weighted by molar-refractivity contribution is 6.12. The minimum absolute atomic E-state index is 0.626. The lowest BCUT2D eigenvalue weighted by molar-refractivity contribution is 1.15. The Bertz CT molecular complexity index is 3290. The van der Waals surface area contributed by atoms with Gasteiger partial charge in [0.25, 0.3) is 0 Å². The van der Waals surface area contributed by atoms with Gasteiger partial charge in [-0.15, -0.1) is 0 Å². The van der Waals surface area contributed by atoms with E-state index in [1.807, 2.05) is 48.5 Å². The number of benzene rings is 8. The highest BCUT2D eigenvalue weighted by Gasteiger charge is 2.24. The standard InChI is InChI=1S/C53H33N5/c54-34-35-30-31-50-43(32-35)40-22-9-13-27-48(40)58(50)51-29-15-24-42(53-55-44(36-16-3-1-4-17-36)33-45(56-53)37-18-5-2-6-19-37)52(51)41-23-10-14-28-49(41)57-46-25-11-7-20-38(46)39-21-8-12-26-47(39)57/h1-33H. The molecule has 5 nitrogen and oxygen atoms in total. The molecule has 0 aliphatic rings. The lowest BCUT2D eigenvalue weighted by atomic mass is 9.94. The van der Waals surface area contributed by atoms with Gasteiger partial charge in [-0.05, 0) is 54.6 Å². The van der Waals surface area contributed by atoms with E-state index in [2.05, 4.69) is 167 Å². The van der Waals surface area contributed by atoms with E-state index in [0.717, 1.165) is 83.4 Å². The van der Waals surface area contributed by atoms with Gasteiger partial charge in [0.1, 0.15) is 0 Å². The second-order valence-electron chi connectivity index (χ2n) is 14.5. The first-order valence-electron chi connectivity index (χ1n) is 19.4. The van der Waals surface area contributed by atoms with E-state index in [4.69, 9.17) is 9.97 Å². The van der Waals surface area contributed by atoms with Crippen molar-refractivity contribution in [2.24, 2.45) is 0 Å². The van der Waals surface area contributed by atoms with Gasteiger partial charge in [-0.25, -0.2) is 9.97 Å². The van der Waals surface area contributed by atoms with E-state index in [0.29, 0.717) is 11.4 Å². The first kappa shape index (κ1) is 33.3. The highest BCUT2D eigenvalue weighted by Crippen LogP contribution is 2.44. The lowest BCUT2D eigenvalue weighted by Gasteiger charge is -2.21. The highest BCUT2D eigenvalue weighted by atomic mass is 15.0. The molecular formula is C53H33N5. The van der Waals surface area contributed by atoms with Gasteiger partial charge in [0.15, 0.2) is 5.82 Å². The van der Waals surface area contributed by atoms with Crippen molar-refractivity contribution in [1.82, 2.24) is 19.1 Å². The molecule has 0 aliphatic heterocycles. The molecule has 0 fully saturated rings. The van der Waals surface area contributed by atoms with Crippen molar-refractivity contribution in [2.45, 2.75) is 0 Å². The molecule has 0 radical (unpaired) electrons. The first-order valence-corrected chi connectivity index (χ1v) is 19.4. The molecule has 11 rings (SSSR count). The molecule has 58 heavy (non-hydrogen) atoms. The fraction of sp³-hybridized carbons (Fsp3) is 0. The second kappa shape index (κ2) is 13.6. The predicted molar refractivity (Wildman–Crippen MR) is 237 cm³/mol. The third kappa shape index (κ3) is 5.31. The average molecular weight is 740 g/mol. The van der Waals surface area contributed by atoms with Crippen LogP contribution in [0.4, 0.5) is 0 Å². The van der Waals surface area contributed by atoms with Crippen molar-refractivity contribution in [3.8, 4) is 62.5 Å². The SMILES string of the molecule is N#Cc1ccc2c(c1)c1ccccc1n2-c1cccc(-c2nc(-c3ccccc3)cc(-c3ccccc3)n2)c1-c1ccccc1-n1c2ccccc2c2ccccc21. The summed E-state index contributed by atoms with van der Waals surface area (Å²) >= 11 is 0. The summed E-state index contributed by atoms with van der Waals surface area (Å²) in [6, 6.07) is 72.0. The Morgan fingerprint density at radius 1 is 0.379 bits per heavy atom. The molecule has 11 aromatic rings. The molecule has 0 aliphatic carbocycles. The number of aromatic nitrogens is 4. The minimum Gasteiger partial charge on any atom is -0.309 e. The molecule has 3 heterocycles. The largest absolute Gasteiger partial charge is 0.309 e. The molecule has 0 saturated carbocycles. The van der Waals surface area contributed by atoms with Gasteiger partial charge in [0.05, 0.1) is 56.5 Å². The number of hydrogen-bond donors (Lipinski definition) is 0. The van der Waals surface area contributed by atoms with Crippen molar-refractivity contribution in [2.75, 3.05) is 0 Å². The smallest absolute Gasteiger partial charge is 0.161 e. The van der Waals surface area contributed by atoms with E-state index >= 15 is 0 Å². The lowest BCUT2D eigenvalue weighted by Crippen LogP contribution is -2.04. The topological polar surface area (TPSA) is 59.4 Å². The third-order valence-electron chi connectivity index (χ3n) is 11.2. The fourth-order valence-corrected chi connectivity index (χ4v) is 8.64. The molecule has 0 unspecified atom stereocenters. The minimum atomic E-state index is 0.626. The zero-order chi connectivity index (χ0) is 38.6. The third-order valence-corrected chi connectivity index (χ3v) is 11.2. The summed E-state index contributed by atoms with van der Waals surface area (Å²) in [5, 5.41) is 14.5. The van der Waals surface area contributed by atoms with Crippen LogP contribution in [0.15, 0.2) is 200 Å². The zero-order valence-electron chi connectivity index (χ0n) is 31.3. The molecule has 3 aromatic heterocycles. The number of nitriles is 1. The molecule has 270 valence electrons. The van der Waals surface area contributed by atoms with Gasteiger partial charge < -0.3 is 9.13 Å². The van der Waals surface area contributed by atoms with Crippen molar-refractivity contribution in [1.29, 1.82) is 5.26 Å². The van der Waals surface area contributed by atoms with E-state index in [-0.39, 0.29) is 0 Å². The van der Waals surface area contributed by atoms with Crippen LogP contribution >= 0.6 is 0 Å². The number of para-hydroxylation sites is 4. The Morgan fingerprint density at radius 2 is 0.845 bits per heavy atom. The van der Waals surface area contributed by atoms with Crippen LogP contribution in [0.25, 0.3) is 100 Å². The Balaban J connectivity index is 1.28. The van der Waals surface area contributed by atoms with Crippen LogP contribution in [0.2, 0.25) is 0 Å². The maximum Gasteiger partial charge on any atom is 0.161 e. The second-order valence-corrected chi connectivity index (χ2v) is 14.5. The summed E-state index contributed by atoms with van der Waals surface area (Å²) in [4.78, 5) is 10.8. The first-order chi connectivity index (χ1) is 28.7. The molecular weight excluding hydrogens is 707 g/mol. The van der Waals surface area contributed by atoms with Gasteiger partial charge >= 0.3 is 0 Å². The van der Waals surface area contributed by atoms with Crippen molar-refractivity contribution < 1.29 is 0 Å². The Hall–Kier alpha value is -8.07. The Morgan fingerprint density at radius 3 is 1.45 bits per heavy atom. The van der Waals surface area contributed by atoms with Crippen LogP contribution in [-0.2, 0) is 0 Å². The van der Waals surface area contributed by atoms with Crippen molar-refractivity contribution >= 4 is 43.6 Å². The summed E-state index contributed by atoms with van der Waals surface area (Å²) in [6.45, 7) is 0. The molecule has 0 atom stereocenters. The number of nitrogens with zero attached hydrogens (tertiary/aromatic N) is 5. The number of rotatable bonds is 6. The number of fused-ring (bicyclic) bond motifs is 6.